The molecule has 25 heavy (non-hydrogen) atoms. The molecule has 1 fully saturated rings. The molecule has 1 aromatic heterocycles. The van der Waals surface area contributed by atoms with E-state index in [9.17, 15) is 13.2 Å². The second-order valence-corrected chi connectivity index (χ2v) is 8.56. The number of halogens is 1. The van der Waals surface area contributed by atoms with Gasteiger partial charge >= 0.3 is 0 Å². The first-order chi connectivity index (χ1) is 11.8. The van der Waals surface area contributed by atoms with Gasteiger partial charge in [-0.2, -0.15) is 0 Å². The third-order valence-electron chi connectivity index (χ3n) is 4.04. The smallest absolute Gasteiger partial charge is 0.274 e. The first-order valence-electron chi connectivity index (χ1n) is 7.66. The van der Waals surface area contributed by atoms with Gasteiger partial charge in [-0.15, -0.1) is 0 Å². The summed E-state index contributed by atoms with van der Waals surface area (Å²) in [5.74, 6) is 0.245. The Labute approximate surface area is 151 Å². The van der Waals surface area contributed by atoms with Crippen molar-refractivity contribution in [3.63, 3.8) is 0 Å². The summed E-state index contributed by atoms with van der Waals surface area (Å²) in [7, 11) is -1.46. The number of nitrogens with one attached hydrogen (secondary N) is 1. The molecule has 0 bridgehead atoms. The van der Waals surface area contributed by atoms with Crippen LogP contribution in [0.4, 0.5) is 11.5 Å². The number of carbonyl (C=O) groups is 1. The molecule has 1 unspecified atom stereocenters. The fraction of sp³-hybridized carbons (Fsp3) is 0.312. The van der Waals surface area contributed by atoms with E-state index in [4.69, 9.17) is 11.6 Å². The summed E-state index contributed by atoms with van der Waals surface area (Å²) in [6.45, 7) is 0. The Hall–Kier alpha value is -2.19. The SMILES string of the molecule is CN(C(=O)c1cnc(Nc2cccc(Cl)c2)cn1)C1CCS(=O)(=O)C1. The van der Waals surface area contributed by atoms with Crippen LogP contribution < -0.4 is 5.32 Å². The van der Waals surface area contributed by atoms with Gasteiger partial charge in [0.2, 0.25) is 0 Å². The molecule has 1 amide bonds. The predicted molar refractivity (Wildman–Crippen MR) is 95.9 cm³/mol. The summed E-state index contributed by atoms with van der Waals surface area (Å²) in [4.78, 5) is 22.2. The molecule has 9 heteroatoms. The van der Waals surface area contributed by atoms with Gasteiger partial charge < -0.3 is 10.2 Å². The van der Waals surface area contributed by atoms with Gasteiger partial charge in [0.05, 0.1) is 23.9 Å². The molecule has 3 rings (SSSR count). The summed E-state index contributed by atoms with van der Waals surface area (Å²) in [6.07, 6.45) is 3.27. The number of aromatic nitrogens is 2. The van der Waals surface area contributed by atoms with E-state index in [0.717, 1.165) is 5.69 Å². The molecule has 132 valence electrons. The van der Waals surface area contributed by atoms with Crippen LogP contribution in [-0.4, -0.2) is 53.8 Å². The highest BCUT2D eigenvalue weighted by Crippen LogP contribution is 2.20. The van der Waals surface area contributed by atoms with Crippen molar-refractivity contribution in [3.8, 4) is 0 Å². The molecule has 7 nitrogen and oxygen atoms in total. The Bertz CT molecular complexity index is 887. The van der Waals surface area contributed by atoms with Crippen LogP contribution in [-0.2, 0) is 9.84 Å². The number of rotatable bonds is 4. The highest BCUT2D eigenvalue weighted by atomic mass is 35.5. The minimum atomic E-state index is -3.05. The molecule has 0 aliphatic carbocycles. The van der Waals surface area contributed by atoms with Crippen molar-refractivity contribution >= 4 is 38.9 Å². The molecule has 1 atom stereocenters. The first-order valence-corrected chi connectivity index (χ1v) is 9.86. The number of carbonyl (C=O) groups excluding carboxylic acids is 1. The fourth-order valence-electron chi connectivity index (χ4n) is 2.64. The molecule has 0 radical (unpaired) electrons. The lowest BCUT2D eigenvalue weighted by molar-refractivity contribution is 0.0741. The standard InChI is InChI=1S/C16H17ClN4O3S/c1-21(13-5-6-25(23,24)10-13)16(22)14-8-19-15(9-18-14)20-12-4-2-3-11(17)7-12/h2-4,7-9,13H,5-6,10H2,1H3,(H,19,20). The lowest BCUT2D eigenvalue weighted by Crippen LogP contribution is -2.38. The quantitative estimate of drug-likeness (QED) is 0.873. The average Bonchev–Trinajstić information content (AvgIpc) is 2.94. The number of hydrogen-bond acceptors (Lipinski definition) is 6. The maximum atomic E-state index is 12.4. The van der Waals surface area contributed by atoms with Gasteiger partial charge in [0, 0.05) is 23.8 Å². The monoisotopic (exact) mass is 380 g/mol. The lowest BCUT2D eigenvalue weighted by atomic mass is 10.2. The number of sulfone groups is 1. The molecule has 1 aliphatic rings. The van der Waals surface area contributed by atoms with Gasteiger partial charge in [0.25, 0.3) is 5.91 Å². The Morgan fingerprint density at radius 1 is 1.32 bits per heavy atom. The molecule has 1 saturated heterocycles. The van der Waals surface area contributed by atoms with E-state index in [1.54, 1.807) is 25.2 Å². The van der Waals surface area contributed by atoms with Crippen LogP contribution in [0.5, 0.6) is 0 Å². The van der Waals surface area contributed by atoms with E-state index >= 15 is 0 Å². The van der Waals surface area contributed by atoms with Crippen molar-refractivity contribution in [3.05, 3.63) is 47.4 Å². The molecule has 2 aromatic rings. The van der Waals surface area contributed by atoms with E-state index in [-0.39, 0.29) is 29.1 Å². The minimum Gasteiger partial charge on any atom is -0.339 e. The first kappa shape index (κ1) is 17.6. The summed E-state index contributed by atoms with van der Waals surface area (Å²) in [5, 5.41) is 3.64. The Morgan fingerprint density at radius 2 is 2.12 bits per heavy atom. The Balaban J connectivity index is 1.68. The van der Waals surface area contributed by atoms with E-state index in [1.807, 2.05) is 6.07 Å². The largest absolute Gasteiger partial charge is 0.339 e. The van der Waals surface area contributed by atoms with Crippen LogP contribution in [0.15, 0.2) is 36.7 Å². The Kier molecular flexibility index (Phi) is 4.91. The number of benzene rings is 1. The van der Waals surface area contributed by atoms with Crippen molar-refractivity contribution in [2.45, 2.75) is 12.5 Å². The van der Waals surface area contributed by atoms with Crippen molar-refractivity contribution < 1.29 is 13.2 Å². The van der Waals surface area contributed by atoms with Crippen molar-refractivity contribution in [2.75, 3.05) is 23.9 Å². The number of nitrogens with zero attached hydrogens (tertiary/aromatic N) is 3. The van der Waals surface area contributed by atoms with Crippen LogP contribution in [0.2, 0.25) is 5.02 Å². The molecule has 1 aromatic carbocycles. The van der Waals surface area contributed by atoms with Gasteiger partial charge in [0.1, 0.15) is 11.5 Å². The third kappa shape index (κ3) is 4.26. The second kappa shape index (κ2) is 6.97. The zero-order valence-electron chi connectivity index (χ0n) is 13.5. The Morgan fingerprint density at radius 3 is 2.72 bits per heavy atom. The van der Waals surface area contributed by atoms with Crippen molar-refractivity contribution in [1.29, 1.82) is 0 Å². The number of amides is 1. The minimum absolute atomic E-state index is 0.00290. The lowest BCUT2D eigenvalue weighted by Gasteiger charge is -2.22. The average molecular weight is 381 g/mol. The molecule has 1 N–H and O–H groups in total. The van der Waals surface area contributed by atoms with Crippen LogP contribution in [0.1, 0.15) is 16.9 Å². The summed E-state index contributed by atoms with van der Waals surface area (Å²) >= 11 is 5.93. The van der Waals surface area contributed by atoms with Crippen molar-refractivity contribution in [2.24, 2.45) is 0 Å². The molecular formula is C16H17ClN4O3S. The van der Waals surface area contributed by atoms with Crippen LogP contribution in [0.3, 0.4) is 0 Å². The summed E-state index contributed by atoms with van der Waals surface area (Å²) in [6, 6.07) is 6.83. The maximum Gasteiger partial charge on any atom is 0.274 e. The van der Waals surface area contributed by atoms with Crippen LogP contribution in [0, 0.1) is 0 Å². The second-order valence-electron chi connectivity index (χ2n) is 5.90. The maximum absolute atomic E-state index is 12.4. The number of hydrogen-bond donors (Lipinski definition) is 1. The van der Waals surface area contributed by atoms with E-state index < -0.39 is 9.84 Å². The van der Waals surface area contributed by atoms with Gasteiger partial charge in [-0.3, -0.25) is 4.79 Å². The topological polar surface area (TPSA) is 92.3 Å². The highest BCUT2D eigenvalue weighted by Gasteiger charge is 2.33. The van der Waals surface area contributed by atoms with E-state index in [2.05, 4.69) is 15.3 Å². The normalized spacial score (nSPS) is 18.7. The van der Waals surface area contributed by atoms with Gasteiger partial charge in [-0.1, -0.05) is 17.7 Å². The third-order valence-corrected chi connectivity index (χ3v) is 6.03. The molecular weight excluding hydrogens is 364 g/mol. The van der Waals surface area contributed by atoms with E-state index in [0.29, 0.717) is 17.3 Å². The van der Waals surface area contributed by atoms with Gasteiger partial charge in [0.15, 0.2) is 9.84 Å². The molecule has 0 saturated carbocycles. The zero-order chi connectivity index (χ0) is 18.0. The predicted octanol–water partition coefficient (Wildman–Crippen LogP) is 2.13. The van der Waals surface area contributed by atoms with Crippen LogP contribution >= 0.6 is 11.6 Å². The molecule has 2 heterocycles. The van der Waals surface area contributed by atoms with Gasteiger partial charge in [-0.25, -0.2) is 18.4 Å². The fourth-order valence-corrected chi connectivity index (χ4v) is 4.61. The molecule has 0 spiro atoms. The molecule has 1 aliphatic heterocycles. The summed E-state index contributed by atoms with van der Waals surface area (Å²) < 4.78 is 23.1. The number of anilines is 2. The van der Waals surface area contributed by atoms with Crippen molar-refractivity contribution in [1.82, 2.24) is 14.9 Å². The van der Waals surface area contributed by atoms with E-state index in [1.165, 1.54) is 17.3 Å². The van der Waals surface area contributed by atoms with Gasteiger partial charge in [-0.05, 0) is 24.6 Å². The zero-order valence-corrected chi connectivity index (χ0v) is 15.1. The van der Waals surface area contributed by atoms with Crippen LogP contribution in [0.25, 0.3) is 0 Å². The summed E-state index contributed by atoms with van der Waals surface area (Å²) in [5.41, 5.74) is 0.928. The highest BCUT2D eigenvalue weighted by molar-refractivity contribution is 7.91.